The number of rotatable bonds is 3. The van der Waals surface area contributed by atoms with Crippen LogP contribution in [0.15, 0.2) is 48.5 Å². The van der Waals surface area contributed by atoms with Gasteiger partial charge in [-0.05, 0) is 35.4 Å². The molecule has 21 heavy (non-hydrogen) atoms. The van der Waals surface area contributed by atoms with Gasteiger partial charge in [0.1, 0.15) is 5.75 Å². The number of hydrogen-bond acceptors (Lipinski definition) is 3. The van der Waals surface area contributed by atoms with E-state index in [1.807, 2.05) is 36.4 Å². The molecule has 0 bridgehead atoms. The van der Waals surface area contributed by atoms with Crippen LogP contribution in [0.25, 0.3) is 0 Å². The van der Waals surface area contributed by atoms with Gasteiger partial charge in [-0.1, -0.05) is 38.1 Å². The summed E-state index contributed by atoms with van der Waals surface area (Å²) in [6.45, 7) is 4.23. The number of ether oxygens (including phenoxy) is 1. The van der Waals surface area contributed by atoms with Gasteiger partial charge in [0.25, 0.3) is 0 Å². The molecule has 2 N–H and O–H groups in total. The van der Waals surface area contributed by atoms with Crippen LogP contribution in [-0.4, -0.2) is 18.3 Å². The van der Waals surface area contributed by atoms with Crippen LogP contribution < -0.4 is 5.32 Å². The number of carbonyl (C=O) groups is 1. The van der Waals surface area contributed by atoms with Crippen molar-refractivity contribution in [3.05, 3.63) is 59.7 Å². The predicted octanol–water partition coefficient (Wildman–Crippen LogP) is 3.90. The van der Waals surface area contributed by atoms with Crippen molar-refractivity contribution in [2.24, 2.45) is 0 Å². The van der Waals surface area contributed by atoms with E-state index < -0.39 is 6.09 Å². The topological polar surface area (TPSA) is 58.6 Å². The first-order valence-corrected chi connectivity index (χ1v) is 6.68. The Morgan fingerprint density at radius 3 is 1.95 bits per heavy atom. The fraction of sp³-hybridized carbons (Fsp3) is 0.235. The van der Waals surface area contributed by atoms with Gasteiger partial charge in [0.2, 0.25) is 0 Å². The fourth-order valence-electron chi connectivity index (χ4n) is 2.18. The molecule has 110 valence electrons. The van der Waals surface area contributed by atoms with Crippen molar-refractivity contribution in [3.63, 3.8) is 0 Å². The number of phenols is 1. The smallest absolute Gasteiger partial charge is 0.411 e. The maximum Gasteiger partial charge on any atom is 0.411 e. The van der Waals surface area contributed by atoms with E-state index in [-0.39, 0.29) is 11.2 Å². The minimum Gasteiger partial charge on any atom is -0.508 e. The summed E-state index contributed by atoms with van der Waals surface area (Å²) in [5.41, 5.74) is 2.71. The second kappa shape index (κ2) is 5.87. The lowest BCUT2D eigenvalue weighted by Gasteiger charge is -2.26. The molecule has 0 atom stereocenters. The summed E-state index contributed by atoms with van der Waals surface area (Å²) in [4.78, 5) is 11.2. The molecule has 1 amide bonds. The van der Waals surface area contributed by atoms with Gasteiger partial charge in [-0.25, -0.2) is 4.79 Å². The monoisotopic (exact) mass is 285 g/mol. The summed E-state index contributed by atoms with van der Waals surface area (Å²) < 4.78 is 4.56. The third kappa shape index (κ3) is 3.34. The molecule has 0 spiro atoms. The Hall–Kier alpha value is -2.49. The molecule has 0 unspecified atom stereocenters. The Balaban J connectivity index is 2.24. The van der Waals surface area contributed by atoms with Crippen molar-refractivity contribution in [1.29, 1.82) is 0 Å². The third-order valence-corrected chi connectivity index (χ3v) is 3.63. The predicted molar refractivity (Wildman–Crippen MR) is 82.7 cm³/mol. The van der Waals surface area contributed by atoms with Gasteiger partial charge in [0.05, 0.1) is 7.11 Å². The number of amides is 1. The molecule has 0 aliphatic rings. The number of carbonyl (C=O) groups excluding carboxylic acids is 1. The molecular formula is C17H19NO3. The molecule has 0 fully saturated rings. The molecule has 2 aromatic carbocycles. The van der Waals surface area contributed by atoms with Crippen molar-refractivity contribution >= 4 is 11.8 Å². The van der Waals surface area contributed by atoms with Crippen LogP contribution in [-0.2, 0) is 10.2 Å². The van der Waals surface area contributed by atoms with Crippen LogP contribution in [0.3, 0.4) is 0 Å². The summed E-state index contributed by atoms with van der Waals surface area (Å²) in [6, 6.07) is 14.8. The van der Waals surface area contributed by atoms with Crippen molar-refractivity contribution in [3.8, 4) is 5.75 Å². The lowest BCUT2D eigenvalue weighted by atomic mass is 9.78. The normalized spacial score (nSPS) is 11.0. The van der Waals surface area contributed by atoms with Crippen LogP contribution in [0.2, 0.25) is 0 Å². The van der Waals surface area contributed by atoms with Gasteiger partial charge in [0, 0.05) is 11.1 Å². The highest BCUT2D eigenvalue weighted by molar-refractivity contribution is 5.84. The van der Waals surface area contributed by atoms with E-state index in [1.165, 1.54) is 7.11 Å². The van der Waals surface area contributed by atoms with E-state index in [1.54, 1.807) is 12.1 Å². The van der Waals surface area contributed by atoms with Crippen molar-refractivity contribution in [1.82, 2.24) is 0 Å². The Bertz CT molecular complexity index is 615. The summed E-state index contributed by atoms with van der Waals surface area (Å²) in [5.74, 6) is 0.257. The number of nitrogens with one attached hydrogen (secondary N) is 1. The molecule has 0 aromatic heterocycles. The van der Waals surface area contributed by atoms with Gasteiger partial charge in [-0.2, -0.15) is 0 Å². The molecule has 0 heterocycles. The Labute approximate surface area is 124 Å². The number of anilines is 1. The summed E-state index contributed by atoms with van der Waals surface area (Å²) in [7, 11) is 1.33. The standard InChI is InChI=1S/C17H19NO3/c1-17(2,13-6-10-15(19)11-7-13)12-4-8-14(9-5-12)18-16(20)21-3/h4-11,19H,1-3H3,(H,18,20). The highest BCUT2D eigenvalue weighted by atomic mass is 16.5. The second-order valence-corrected chi connectivity index (χ2v) is 5.37. The van der Waals surface area contributed by atoms with Gasteiger partial charge >= 0.3 is 6.09 Å². The first-order valence-electron chi connectivity index (χ1n) is 6.68. The molecule has 2 rings (SSSR count). The summed E-state index contributed by atoms with van der Waals surface area (Å²) in [6.07, 6.45) is -0.486. The molecule has 0 saturated carbocycles. The highest BCUT2D eigenvalue weighted by Crippen LogP contribution is 2.32. The van der Waals surface area contributed by atoms with Gasteiger partial charge in [0.15, 0.2) is 0 Å². The van der Waals surface area contributed by atoms with Gasteiger partial charge in [-0.3, -0.25) is 5.32 Å². The maximum atomic E-state index is 11.2. The zero-order valence-electron chi connectivity index (χ0n) is 12.4. The van der Waals surface area contributed by atoms with E-state index in [0.29, 0.717) is 5.69 Å². The Morgan fingerprint density at radius 2 is 1.48 bits per heavy atom. The lowest BCUT2D eigenvalue weighted by Crippen LogP contribution is -2.19. The third-order valence-electron chi connectivity index (χ3n) is 3.63. The lowest BCUT2D eigenvalue weighted by molar-refractivity contribution is 0.187. The average Bonchev–Trinajstić information content (AvgIpc) is 2.48. The van der Waals surface area contributed by atoms with E-state index >= 15 is 0 Å². The van der Waals surface area contributed by atoms with E-state index in [0.717, 1.165) is 11.1 Å². The minimum absolute atomic E-state index is 0.197. The van der Waals surface area contributed by atoms with E-state index in [2.05, 4.69) is 23.9 Å². The van der Waals surface area contributed by atoms with Crippen molar-refractivity contribution in [2.45, 2.75) is 19.3 Å². The number of aromatic hydroxyl groups is 1. The van der Waals surface area contributed by atoms with Crippen molar-refractivity contribution < 1.29 is 14.6 Å². The van der Waals surface area contributed by atoms with Crippen LogP contribution in [0.5, 0.6) is 5.75 Å². The fourth-order valence-corrected chi connectivity index (χ4v) is 2.18. The van der Waals surface area contributed by atoms with Crippen LogP contribution >= 0.6 is 0 Å². The largest absolute Gasteiger partial charge is 0.508 e. The number of benzene rings is 2. The van der Waals surface area contributed by atoms with E-state index in [4.69, 9.17) is 0 Å². The quantitative estimate of drug-likeness (QED) is 0.899. The molecule has 2 aromatic rings. The first kappa shape index (κ1) is 14.9. The molecule has 4 nitrogen and oxygen atoms in total. The molecule has 0 radical (unpaired) electrons. The summed E-state index contributed by atoms with van der Waals surface area (Å²) in [5, 5.41) is 12.0. The second-order valence-electron chi connectivity index (χ2n) is 5.37. The van der Waals surface area contributed by atoms with Crippen LogP contribution in [0, 0.1) is 0 Å². The zero-order valence-corrected chi connectivity index (χ0v) is 12.4. The molecule has 0 aliphatic carbocycles. The molecule has 0 saturated heterocycles. The minimum atomic E-state index is -0.486. The van der Waals surface area contributed by atoms with Gasteiger partial charge in [-0.15, -0.1) is 0 Å². The molecule has 4 heteroatoms. The highest BCUT2D eigenvalue weighted by Gasteiger charge is 2.22. The van der Waals surface area contributed by atoms with E-state index in [9.17, 15) is 9.90 Å². The number of methoxy groups -OCH3 is 1. The SMILES string of the molecule is COC(=O)Nc1ccc(C(C)(C)c2ccc(O)cc2)cc1. The zero-order chi connectivity index (χ0) is 15.5. The number of hydrogen-bond donors (Lipinski definition) is 2. The molecular weight excluding hydrogens is 266 g/mol. The van der Waals surface area contributed by atoms with Gasteiger partial charge < -0.3 is 9.84 Å². The van der Waals surface area contributed by atoms with Crippen molar-refractivity contribution in [2.75, 3.05) is 12.4 Å². The summed E-state index contributed by atoms with van der Waals surface area (Å²) >= 11 is 0. The number of phenolic OH excluding ortho intramolecular Hbond substituents is 1. The molecule has 0 aliphatic heterocycles. The maximum absolute atomic E-state index is 11.2. The Kier molecular flexibility index (Phi) is 4.17. The van der Waals surface area contributed by atoms with Crippen LogP contribution in [0.4, 0.5) is 10.5 Å². The van der Waals surface area contributed by atoms with Crippen LogP contribution in [0.1, 0.15) is 25.0 Å². The average molecular weight is 285 g/mol. The first-order chi connectivity index (χ1) is 9.93. The Morgan fingerprint density at radius 1 is 1.00 bits per heavy atom.